The largest absolute Gasteiger partial charge is 0.478 e. The minimum absolute atomic E-state index is 0.0571. The molecule has 2 aromatic rings. The van der Waals surface area contributed by atoms with Crippen LogP contribution in [-0.2, 0) is 14.8 Å². The van der Waals surface area contributed by atoms with Crippen LogP contribution >= 0.6 is 34.8 Å². The molecule has 12 heteroatoms. The lowest BCUT2D eigenvalue weighted by Gasteiger charge is -2.13. The standard InChI is InChI=1S/C13H10Cl3N3O5S/c1-23-12-11(18-10(16)9(17-12)13(20)24-2)19-25(21,22)7-5-3-4-6(14)8(7)15/h3-5H,1-2H3,(H,18,19). The van der Waals surface area contributed by atoms with E-state index in [2.05, 4.69) is 19.4 Å². The van der Waals surface area contributed by atoms with Gasteiger partial charge in [0.05, 0.1) is 24.3 Å². The molecule has 0 aliphatic carbocycles. The summed E-state index contributed by atoms with van der Waals surface area (Å²) < 4.78 is 36.6. The summed E-state index contributed by atoms with van der Waals surface area (Å²) in [4.78, 5) is 18.9. The van der Waals surface area contributed by atoms with Crippen molar-refractivity contribution >= 4 is 56.6 Å². The molecule has 0 aliphatic rings. The number of carbonyl (C=O) groups is 1. The molecular formula is C13H10Cl3N3O5S. The van der Waals surface area contributed by atoms with Gasteiger partial charge in [-0.1, -0.05) is 40.9 Å². The average molecular weight is 427 g/mol. The number of sulfonamides is 1. The number of aromatic nitrogens is 2. The number of anilines is 1. The summed E-state index contributed by atoms with van der Waals surface area (Å²) in [5.74, 6) is -1.48. The predicted molar refractivity (Wildman–Crippen MR) is 92.2 cm³/mol. The summed E-state index contributed by atoms with van der Waals surface area (Å²) >= 11 is 17.6. The summed E-state index contributed by atoms with van der Waals surface area (Å²) in [6.45, 7) is 0. The van der Waals surface area contributed by atoms with Gasteiger partial charge in [0.2, 0.25) is 5.82 Å². The highest BCUT2D eigenvalue weighted by atomic mass is 35.5. The maximum Gasteiger partial charge on any atom is 0.360 e. The van der Waals surface area contributed by atoms with Gasteiger partial charge in [-0.25, -0.2) is 18.2 Å². The number of nitrogens with one attached hydrogen (secondary N) is 1. The number of methoxy groups -OCH3 is 2. The van der Waals surface area contributed by atoms with E-state index in [0.29, 0.717) is 0 Å². The SMILES string of the molecule is COC(=O)c1nc(OC)c(NS(=O)(=O)c2cccc(Cl)c2Cl)nc1Cl. The van der Waals surface area contributed by atoms with E-state index < -0.39 is 16.0 Å². The molecular weight excluding hydrogens is 417 g/mol. The van der Waals surface area contributed by atoms with Crippen LogP contribution in [0.3, 0.4) is 0 Å². The summed E-state index contributed by atoms with van der Waals surface area (Å²) in [7, 11) is -1.84. The zero-order valence-electron chi connectivity index (χ0n) is 12.7. The number of esters is 1. The maximum atomic E-state index is 12.5. The van der Waals surface area contributed by atoms with Crippen LogP contribution in [0.2, 0.25) is 15.2 Å². The van der Waals surface area contributed by atoms with Crippen LogP contribution in [0.4, 0.5) is 5.82 Å². The highest BCUT2D eigenvalue weighted by Crippen LogP contribution is 2.32. The molecule has 1 heterocycles. The van der Waals surface area contributed by atoms with Crippen molar-refractivity contribution in [3.63, 3.8) is 0 Å². The van der Waals surface area contributed by atoms with Gasteiger partial charge >= 0.3 is 5.97 Å². The molecule has 0 saturated carbocycles. The third kappa shape index (κ3) is 4.06. The Labute approximate surface area is 158 Å². The molecule has 1 aromatic heterocycles. The van der Waals surface area contributed by atoms with Gasteiger partial charge in [0.1, 0.15) is 4.90 Å². The molecule has 0 aliphatic heterocycles. The molecule has 0 amide bonds. The van der Waals surface area contributed by atoms with Crippen LogP contribution in [0.25, 0.3) is 0 Å². The molecule has 0 unspecified atom stereocenters. The number of carbonyl (C=O) groups excluding carboxylic acids is 1. The second-order valence-electron chi connectivity index (χ2n) is 4.37. The van der Waals surface area contributed by atoms with Crippen molar-refractivity contribution in [1.82, 2.24) is 9.97 Å². The van der Waals surface area contributed by atoms with Gasteiger partial charge in [0, 0.05) is 0 Å². The minimum Gasteiger partial charge on any atom is -0.478 e. The third-order valence-corrected chi connectivity index (χ3v) is 5.41. The Kier molecular flexibility index (Phi) is 5.94. The van der Waals surface area contributed by atoms with E-state index in [1.807, 2.05) is 0 Å². The summed E-state index contributed by atoms with van der Waals surface area (Å²) in [5, 5.41) is -0.481. The lowest BCUT2D eigenvalue weighted by atomic mass is 10.4. The van der Waals surface area contributed by atoms with Crippen molar-refractivity contribution < 1.29 is 22.7 Å². The second kappa shape index (κ2) is 7.61. The van der Waals surface area contributed by atoms with Gasteiger partial charge in [-0.3, -0.25) is 4.72 Å². The van der Waals surface area contributed by atoms with Crippen molar-refractivity contribution in [2.45, 2.75) is 4.90 Å². The first-order valence-electron chi connectivity index (χ1n) is 6.38. The Hall–Kier alpha value is -1.81. The van der Waals surface area contributed by atoms with Crippen molar-refractivity contribution in [1.29, 1.82) is 0 Å². The Morgan fingerprint density at radius 2 is 1.84 bits per heavy atom. The molecule has 0 radical (unpaired) electrons. The number of benzene rings is 1. The number of hydrogen-bond acceptors (Lipinski definition) is 7. The van der Waals surface area contributed by atoms with Crippen LogP contribution in [-0.4, -0.2) is 38.6 Å². The molecule has 8 nitrogen and oxygen atoms in total. The van der Waals surface area contributed by atoms with E-state index in [0.717, 1.165) is 7.11 Å². The second-order valence-corrected chi connectivity index (χ2v) is 7.16. The van der Waals surface area contributed by atoms with E-state index in [1.54, 1.807) is 0 Å². The Bertz CT molecular complexity index is 937. The molecule has 1 aromatic carbocycles. The molecule has 0 spiro atoms. The first-order chi connectivity index (χ1) is 11.7. The summed E-state index contributed by atoms with van der Waals surface area (Å²) in [6.07, 6.45) is 0. The smallest absolute Gasteiger partial charge is 0.360 e. The van der Waals surface area contributed by atoms with E-state index in [1.165, 1.54) is 25.3 Å². The minimum atomic E-state index is -4.18. The monoisotopic (exact) mass is 425 g/mol. The molecule has 25 heavy (non-hydrogen) atoms. The van der Waals surface area contributed by atoms with Crippen LogP contribution in [0.15, 0.2) is 23.1 Å². The molecule has 134 valence electrons. The number of hydrogen-bond donors (Lipinski definition) is 1. The average Bonchev–Trinajstić information content (AvgIpc) is 2.56. The molecule has 0 fully saturated rings. The van der Waals surface area contributed by atoms with Crippen LogP contribution in [0.1, 0.15) is 10.5 Å². The van der Waals surface area contributed by atoms with Crippen molar-refractivity contribution in [2.75, 3.05) is 18.9 Å². The number of ether oxygens (including phenoxy) is 2. The molecule has 0 saturated heterocycles. The normalized spacial score (nSPS) is 11.1. The van der Waals surface area contributed by atoms with Gasteiger partial charge in [-0.05, 0) is 12.1 Å². The molecule has 0 bridgehead atoms. The Balaban J connectivity index is 2.51. The highest BCUT2D eigenvalue weighted by molar-refractivity contribution is 7.92. The lowest BCUT2D eigenvalue weighted by molar-refractivity contribution is 0.0592. The van der Waals surface area contributed by atoms with Crippen LogP contribution in [0.5, 0.6) is 5.88 Å². The Morgan fingerprint density at radius 3 is 2.44 bits per heavy atom. The molecule has 2 rings (SSSR count). The highest BCUT2D eigenvalue weighted by Gasteiger charge is 2.25. The Morgan fingerprint density at radius 1 is 1.16 bits per heavy atom. The summed E-state index contributed by atoms with van der Waals surface area (Å²) in [6, 6.07) is 4.10. The van der Waals surface area contributed by atoms with Gasteiger partial charge in [-0.2, -0.15) is 4.98 Å². The third-order valence-electron chi connectivity index (χ3n) is 2.83. The fourth-order valence-electron chi connectivity index (χ4n) is 1.71. The molecule has 1 N–H and O–H groups in total. The van der Waals surface area contributed by atoms with Gasteiger partial charge < -0.3 is 9.47 Å². The van der Waals surface area contributed by atoms with Gasteiger partial charge in [0.15, 0.2) is 10.8 Å². The topological polar surface area (TPSA) is 107 Å². The van der Waals surface area contributed by atoms with Crippen molar-refractivity contribution in [3.05, 3.63) is 39.1 Å². The number of rotatable bonds is 5. The molecule has 0 atom stereocenters. The van der Waals surface area contributed by atoms with E-state index in [4.69, 9.17) is 39.5 Å². The fourth-order valence-corrected chi connectivity index (χ4v) is 3.67. The van der Waals surface area contributed by atoms with Crippen molar-refractivity contribution in [2.24, 2.45) is 0 Å². The van der Waals surface area contributed by atoms with E-state index in [-0.39, 0.29) is 37.5 Å². The fraction of sp³-hybridized carbons (Fsp3) is 0.154. The van der Waals surface area contributed by atoms with E-state index >= 15 is 0 Å². The van der Waals surface area contributed by atoms with Crippen LogP contribution < -0.4 is 9.46 Å². The lowest BCUT2D eigenvalue weighted by Crippen LogP contribution is -2.17. The zero-order chi connectivity index (χ0) is 18.8. The van der Waals surface area contributed by atoms with Crippen molar-refractivity contribution in [3.8, 4) is 5.88 Å². The summed E-state index contributed by atoms with van der Waals surface area (Å²) in [5.41, 5.74) is -0.329. The number of nitrogens with zero attached hydrogens (tertiary/aromatic N) is 2. The first-order valence-corrected chi connectivity index (χ1v) is 8.99. The maximum absolute atomic E-state index is 12.5. The predicted octanol–water partition coefficient (Wildman–Crippen LogP) is 3.03. The first kappa shape index (κ1) is 19.5. The number of halogens is 3. The van der Waals surface area contributed by atoms with Gasteiger partial charge in [0.25, 0.3) is 15.9 Å². The van der Waals surface area contributed by atoms with Crippen LogP contribution in [0, 0.1) is 0 Å². The van der Waals surface area contributed by atoms with E-state index in [9.17, 15) is 13.2 Å². The van der Waals surface area contributed by atoms with Gasteiger partial charge in [-0.15, -0.1) is 0 Å². The quantitative estimate of drug-likeness (QED) is 0.732. The zero-order valence-corrected chi connectivity index (χ0v) is 15.8.